The SMILES string of the molecule is CCCCC(CC(=O)[O-])c1cc2ccc(C(F)(F)F)cc2s1. The van der Waals surface area contributed by atoms with E-state index in [2.05, 4.69) is 0 Å². The number of carbonyl (C=O) groups excluding carboxylic acids is 1. The van der Waals surface area contributed by atoms with Gasteiger partial charge in [0.25, 0.3) is 0 Å². The van der Waals surface area contributed by atoms with E-state index in [1.54, 1.807) is 6.07 Å². The highest BCUT2D eigenvalue weighted by Crippen LogP contribution is 2.38. The van der Waals surface area contributed by atoms with Crippen LogP contribution in [0.4, 0.5) is 13.2 Å². The standard InChI is InChI=1S/C16H17F3O2S/c1-2-3-4-10(8-15(20)21)13-7-11-5-6-12(16(17,18)19)9-14(11)22-13/h5-7,9-10H,2-4,8H2,1H3,(H,20,21)/p-1. The van der Waals surface area contributed by atoms with E-state index < -0.39 is 17.7 Å². The number of aliphatic carboxylic acids is 1. The Morgan fingerprint density at radius 3 is 2.64 bits per heavy atom. The number of halogens is 3. The van der Waals surface area contributed by atoms with Gasteiger partial charge in [-0.15, -0.1) is 11.3 Å². The molecular formula is C16H16F3O2S-. The van der Waals surface area contributed by atoms with Gasteiger partial charge in [0.1, 0.15) is 0 Å². The average molecular weight is 329 g/mol. The smallest absolute Gasteiger partial charge is 0.416 e. The van der Waals surface area contributed by atoms with Gasteiger partial charge in [0.2, 0.25) is 0 Å². The van der Waals surface area contributed by atoms with Crippen molar-refractivity contribution in [2.75, 3.05) is 0 Å². The van der Waals surface area contributed by atoms with Crippen LogP contribution in [0.5, 0.6) is 0 Å². The normalized spacial score (nSPS) is 13.5. The number of hydrogen-bond acceptors (Lipinski definition) is 3. The number of unbranched alkanes of at least 4 members (excludes halogenated alkanes) is 1. The zero-order valence-corrected chi connectivity index (χ0v) is 12.9. The van der Waals surface area contributed by atoms with E-state index >= 15 is 0 Å². The average Bonchev–Trinajstić information content (AvgIpc) is 2.84. The number of carboxylic acids is 1. The molecule has 120 valence electrons. The summed E-state index contributed by atoms with van der Waals surface area (Å²) in [7, 11) is 0. The lowest BCUT2D eigenvalue weighted by Gasteiger charge is -2.15. The highest BCUT2D eigenvalue weighted by atomic mass is 32.1. The Balaban J connectivity index is 2.35. The first-order chi connectivity index (χ1) is 10.3. The Labute approximate surface area is 130 Å². The molecule has 1 unspecified atom stereocenters. The van der Waals surface area contributed by atoms with Gasteiger partial charge in [-0.25, -0.2) is 0 Å². The fourth-order valence-electron chi connectivity index (χ4n) is 2.43. The Morgan fingerprint density at radius 1 is 1.32 bits per heavy atom. The van der Waals surface area contributed by atoms with Crippen molar-refractivity contribution in [1.29, 1.82) is 0 Å². The van der Waals surface area contributed by atoms with Gasteiger partial charge < -0.3 is 9.90 Å². The van der Waals surface area contributed by atoms with Crippen LogP contribution >= 0.6 is 11.3 Å². The van der Waals surface area contributed by atoms with Gasteiger partial charge >= 0.3 is 6.18 Å². The second-order valence-corrected chi connectivity index (χ2v) is 6.43. The summed E-state index contributed by atoms with van der Waals surface area (Å²) in [5.74, 6) is -1.33. The molecule has 2 nitrogen and oxygen atoms in total. The first kappa shape index (κ1) is 16.8. The zero-order valence-electron chi connectivity index (χ0n) is 12.1. The van der Waals surface area contributed by atoms with Crippen LogP contribution in [0.3, 0.4) is 0 Å². The van der Waals surface area contributed by atoms with Crippen LogP contribution in [0, 0.1) is 0 Å². The van der Waals surface area contributed by atoms with Crippen molar-refractivity contribution in [3.63, 3.8) is 0 Å². The maximum atomic E-state index is 12.7. The number of carboxylic acid groups (broad SMARTS) is 1. The quantitative estimate of drug-likeness (QED) is 0.791. The van der Waals surface area contributed by atoms with Crippen molar-refractivity contribution in [2.24, 2.45) is 0 Å². The highest BCUT2D eigenvalue weighted by molar-refractivity contribution is 7.19. The Kier molecular flexibility index (Phi) is 5.11. The molecule has 0 radical (unpaired) electrons. The molecular weight excluding hydrogens is 313 g/mol. The van der Waals surface area contributed by atoms with Crippen molar-refractivity contribution >= 4 is 27.4 Å². The Morgan fingerprint density at radius 2 is 2.05 bits per heavy atom. The summed E-state index contributed by atoms with van der Waals surface area (Å²) in [6.07, 6.45) is -1.96. The number of rotatable bonds is 6. The summed E-state index contributed by atoms with van der Waals surface area (Å²) in [5, 5.41) is 11.6. The molecule has 1 atom stereocenters. The number of thiophene rings is 1. The molecule has 0 spiro atoms. The lowest BCUT2D eigenvalue weighted by molar-refractivity contribution is -0.306. The molecule has 0 aliphatic heterocycles. The molecule has 1 aromatic carbocycles. The first-order valence-electron chi connectivity index (χ1n) is 7.11. The van der Waals surface area contributed by atoms with Crippen molar-refractivity contribution in [3.05, 3.63) is 34.7 Å². The largest absolute Gasteiger partial charge is 0.550 e. The van der Waals surface area contributed by atoms with Crippen LogP contribution < -0.4 is 5.11 Å². The Hall–Kier alpha value is -1.56. The molecule has 0 N–H and O–H groups in total. The van der Waals surface area contributed by atoms with Gasteiger partial charge in [-0.2, -0.15) is 13.2 Å². The van der Waals surface area contributed by atoms with E-state index in [4.69, 9.17) is 0 Å². The van der Waals surface area contributed by atoms with E-state index in [1.165, 1.54) is 17.4 Å². The third kappa shape index (κ3) is 4.00. The van der Waals surface area contributed by atoms with Gasteiger partial charge in [0.05, 0.1) is 5.56 Å². The van der Waals surface area contributed by atoms with Gasteiger partial charge in [0.15, 0.2) is 0 Å². The first-order valence-corrected chi connectivity index (χ1v) is 7.93. The molecule has 0 aliphatic carbocycles. The van der Waals surface area contributed by atoms with Gasteiger partial charge in [-0.1, -0.05) is 25.8 Å². The fraction of sp³-hybridized carbons (Fsp3) is 0.438. The molecule has 0 amide bonds. The van der Waals surface area contributed by atoms with Crippen LogP contribution in [0.2, 0.25) is 0 Å². The number of benzene rings is 1. The third-order valence-electron chi connectivity index (χ3n) is 3.59. The molecule has 22 heavy (non-hydrogen) atoms. The van der Waals surface area contributed by atoms with Crippen LogP contribution in [-0.4, -0.2) is 5.97 Å². The number of hydrogen-bond donors (Lipinski definition) is 0. The number of carbonyl (C=O) groups is 1. The van der Waals surface area contributed by atoms with E-state index in [0.717, 1.165) is 29.9 Å². The van der Waals surface area contributed by atoms with Crippen LogP contribution in [0.1, 0.15) is 49.0 Å². The van der Waals surface area contributed by atoms with Crippen molar-refractivity contribution in [1.82, 2.24) is 0 Å². The molecule has 2 aromatic rings. The molecule has 0 fully saturated rings. The van der Waals surface area contributed by atoms with Gasteiger partial charge in [-0.05, 0) is 42.3 Å². The second-order valence-electron chi connectivity index (χ2n) is 5.31. The topological polar surface area (TPSA) is 40.1 Å². The molecule has 0 aliphatic rings. The molecule has 2 rings (SSSR count). The molecule has 0 saturated heterocycles. The molecule has 1 heterocycles. The van der Waals surface area contributed by atoms with Crippen molar-refractivity contribution in [3.8, 4) is 0 Å². The Bertz CT molecular complexity index is 661. The summed E-state index contributed by atoms with van der Waals surface area (Å²) in [6.45, 7) is 2.01. The predicted octanol–water partition coefficient (Wildman–Crippen LogP) is 4.33. The van der Waals surface area contributed by atoms with E-state index in [1.807, 2.05) is 6.92 Å². The fourth-order valence-corrected chi connectivity index (χ4v) is 3.66. The van der Waals surface area contributed by atoms with Gasteiger partial charge in [0, 0.05) is 15.5 Å². The van der Waals surface area contributed by atoms with E-state index in [9.17, 15) is 23.1 Å². The number of fused-ring (bicyclic) bond motifs is 1. The van der Waals surface area contributed by atoms with Crippen LogP contribution in [0.25, 0.3) is 10.1 Å². The maximum Gasteiger partial charge on any atom is 0.416 e. The lowest BCUT2D eigenvalue weighted by atomic mass is 9.96. The number of alkyl halides is 3. The summed E-state index contributed by atoms with van der Waals surface area (Å²) >= 11 is 1.24. The summed E-state index contributed by atoms with van der Waals surface area (Å²) < 4.78 is 38.7. The minimum absolute atomic E-state index is 0.0983. The van der Waals surface area contributed by atoms with E-state index in [0.29, 0.717) is 16.5 Å². The predicted molar refractivity (Wildman–Crippen MR) is 78.7 cm³/mol. The van der Waals surface area contributed by atoms with Crippen molar-refractivity contribution < 1.29 is 23.1 Å². The molecule has 0 saturated carbocycles. The molecule has 0 bridgehead atoms. The minimum Gasteiger partial charge on any atom is -0.550 e. The summed E-state index contributed by atoms with van der Waals surface area (Å²) in [6, 6.07) is 5.41. The summed E-state index contributed by atoms with van der Waals surface area (Å²) in [4.78, 5) is 11.7. The maximum absolute atomic E-state index is 12.7. The van der Waals surface area contributed by atoms with Crippen molar-refractivity contribution in [2.45, 2.75) is 44.7 Å². The second kappa shape index (κ2) is 6.69. The van der Waals surface area contributed by atoms with E-state index in [-0.39, 0.29) is 12.3 Å². The third-order valence-corrected chi connectivity index (χ3v) is 4.85. The molecule has 1 aromatic heterocycles. The van der Waals surface area contributed by atoms with Crippen LogP contribution in [0.15, 0.2) is 24.3 Å². The minimum atomic E-state index is -4.37. The molecule has 6 heteroatoms. The summed E-state index contributed by atoms with van der Waals surface area (Å²) in [5.41, 5.74) is -0.682. The highest BCUT2D eigenvalue weighted by Gasteiger charge is 2.30. The van der Waals surface area contributed by atoms with Gasteiger partial charge in [-0.3, -0.25) is 0 Å². The zero-order chi connectivity index (χ0) is 16.3. The lowest BCUT2D eigenvalue weighted by Crippen LogP contribution is -2.24. The van der Waals surface area contributed by atoms with Crippen LogP contribution in [-0.2, 0) is 11.0 Å². The monoisotopic (exact) mass is 329 g/mol.